The Hall–Kier alpha value is -1.00. The Labute approximate surface area is 100 Å². The van der Waals surface area contributed by atoms with Crippen LogP contribution in [-0.4, -0.2) is 37.5 Å². The van der Waals surface area contributed by atoms with Crippen LogP contribution < -0.4 is 5.73 Å². The number of hydrogen-bond acceptors (Lipinski definition) is 2. The summed E-state index contributed by atoms with van der Waals surface area (Å²) in [6, 6.07) is 8.22. The molecule has 0 fully saturated rings. The predicted octanol–water partition coefficient (Wildman–Crippen LogP) is 1.85. The maximum atomic E-state index is 12.4. The molecule has 17 heavy (non-hydrogen) atoms. The normalized spacial score (nSPS) is 18.3. The minimum absolute atomic E-state index is 0.171. The molecular formula is C13H18F2N2. The highest BCUT2D eigenvalue weighted by Crippen LogP contribution is 2.35. The summed E-state index contributed by atoms with van der Waals surface area (Å²) in [4.78, 5) is 1.77. The van der Waals surface area contributed by atoms with Crippen molar-refractivity contribution in [1.29, 1.82) is 0 Å². The van der Waals surface area contributed by atoms with Gasteiger partial charge in [-0.1, -0.05) is 24.3 Å². The molecule has 1 atom stereocenters. The van der Waals surface area contributed by atoms with E-state index in [1.54, 1.807) is 4.90 Å². The van der Waals surface area contributed by atoms with E-state index in [1.807, 2.05) is 12.1 Å². The van der Waals surface area contributed by atoms with Crippen molar-refractivity contribution in [3.63, 3.8) is 0 Å². The summed E-state index contributed by atoms with van der Waals surface area (Å²) < 4.78 is 24.8. The van der Waals surface area contributed by atoms with Crippen molar-refractivity contribution in [3.05, 3.63) is 35.4 Å². The van der Waals surface area contributed by atoms with Crippen LogP contribution in [0.5, 0.6) is 0 Å². The van der Waals surface area contributed by atoms with Crippen LogP contribution in [0.3, 0.4) is 0 Å². The van der Waals surface area contributed by atoms with Gasteiger partial charge in [0, 0.05) is 25.6 Å². The Morgan fingerprint density at radius 2 is 2.12 bits per heavy atom. The van der Waals surface area contributed by atoms with Gasteiger partial charge in [0.15, 0.2) is 0 Å². The maximum absolute atomic E-state index is 12.4. The van der Waals surface area contributed by atoms with Crippen molar-refractivity contribution in [2.45, 2.75) is 18.8 Å². The molecule has 0 heterocycles. The third-order valence-corrected chi connectivity index (χ3v) is 3.28. The van der Waals surface area contributed by atoms with Gasteiger partial charge in [0.2, 0.25) is 0 Å². The summed E-state index contributed by atoms with van der Waals surface area (Å²) in [5, 5.41) is 0. The molecule has 1 aromatic rings. The molecule has 94 valence electrons. The van der Waals surface area contributed by atoms with E-state index in [2.05, 4.69) is 12.1 Å². The predicted molar refractivity (Wildman–Crippen MR) is 64.4 cm³/mol. The van der Waals surface area contributed by atoms with Crippen LogP contribution >= 0.6 is 0 Å². The highest BCUT2D eigenvalue weighted by Gasteiger charge is 2.27. The molecule has 0 saturated heterocycles. The average Bonchev–Trinajstić information content (AvgIpc) is 2.25. The van der Waals surface area contributed by atoms with Gasteiger partial charge in [0.05, 0.1) is 6.54 Å². The first kappa shape index (κ1) is 12.5. The molecule has 0 bridgehead atoms. The first-order valence-electron chi connectivity index (χ1n) is 5.99. The molecule has 0 radical (unpaired) electrons. The summed E-state index contributed by atoms with van der Waals surface area (Å²) in [5.74, 6) is 0.400. The van der Waals surface area contributed by atoms with Crippen molar-refractivity contribution < 1.29 is 8.78 Å². The number of nitrogens with zero attached hydrogens (tertiary/aromatic N) is 1. The second-order valence-corrected chi connectivity index (χ2v) is 4.54. The van der Waals surface area contributed by atoms with E-state index in [4.69, 9.17) is 5.73 Å². The zero-order chi connectivity index (χ0) is 12.3. The van der Waals surface area contributed by atoms with E-state index >= 15 is 0 Å². The Kier molecular flexibility index (Phi) is 4.07. The second kappa shape index (κ2) is 5.56. The monoisotopic (exact) mass is 240 g/mol. The van der Waals surface area contributed by atoms with Gasteiger partial charge in [-0.3, -0.25) is 4.90 Å². The Balaban J connectivity index is 1.92. The fourth-order valence-corrected chi connectivity index (χ4v) is 2.47. The van der Waals surface area contributed by atoms with Crippen LogP contribution in [0, 0.1) is 0 Å². The minimum atomic E-state index is -2.28. The van der Waals surface area contributed by atoms with Crippen LogP contribution in [0.1, 0.15) is 17.0 Å². The van der Waals surface area contributed by atoms with E-state index in [0.29, 0.717) is 25.6 Å². The maximum Gasteiger partial charge on any atom is 0.251 e. The molecule has 2 rings (SSSR count). The number of hydrogen-bond donors (Lipinski definition) is 1. The topological polar surface area (TPSA) is 29.3 Å². The van der Waals surface area contributed by atoms with Crippen LogP contribution in [0.4, 0.5) is 8.78 Å². The van der Waals surface area contributed by atoms with Crippen molar-refractivity contribution in [2.75, 3.05) is 26.2 Å². The average molecular weight is 240 g/mol. The zero-order valence-corrected chi connectivity index (χ0v) is 9.78. The number of fused-ring (bicyclic) bond motifs is 1. The molecule has 0 saturated carbocycles. The molecule has 0 spiro atoms. The van der Waals surface area contributed by atoms with E-state index in [1.165, 1.54) is 11.1 Å². The van der Waals surface area contributed by atoms with Crippen molar-refractivity contribution in [1.82, 2.24) is 4.90 Å². The van der Waals surface area contributed by atoms with E-state index < -0.39 is 6.43 Å². The molecule has 0 amide bonds. The molecule has 1 aliphatic rings. The zero-order valence-electron chi connectivity index (χ0n) is 9.78. The van der Waals surface area contributed by atoms with Gasteiger partial charge in [0.1, 0.15) is 0 Å². The Bertz CT molecular complexity index is 368. The number of halogens is 2. The molecular weight excluding hydrogens is 222 g/mol. The Morgan fingerprint density at radius 3 is 2.76 bits per heavy atom. The lowest BCUT2D eigenvalue weighted by Gasteiger charge is -2.34. The van der Waals surface area contributed by atoms with E-state index in [0.717, 1.165) is 6.42 Å². The van der Waals surface area contributed by atoms with Gasteiger partial charge in [-0.15, -0.1) is 0 Å². The molecule has 0 aromatic heterocycles. The fourth-order valence-electron chi connectivity index (χ4n) is 2.47. The van der Waals surface area contributed by atoms with Gasteiger partial charge in [-0.2, -0.15) is 0 Å². The number of alkyl halides is 2. The summed E-state index contributed by atoms with van der Waals surface area (Å²) in [5.41, 5.74) is 8.11. The number of benzene rings is 1. The molecule has 2 nitrogen and oxygen atoms in total. The first-order valence-corrected chi connectivity index (χ1v) is 5.99. The fraction of sp³-hybridized carbons (Fsp3) is 0.538. The van der Waals surface area contributed by atoms with E-state index in [9.17, 15) is 8.78 Å². The summed E-state index contributed by atoms with van der Waals surface area (Å²) in [6.07, 6.45) is -1.28. The largest absolute Gasteiger partial charge is 0.329 e. The summed E-state index contributed by atoms with van der Waals surface area (Å²) in [6.45, 7) is 1.50. The van der Waals surface area contributed by atoms with Crippen LogP contribution in [0.2, 0.25) is 0 Å². The van der Waals surface area contributed by atoms with Crippen LogP contribution in [0.25, 0.3) is 0 Å². The van der Waals surface area contributed by atoms with Crippen LogP contribution in [-0.2, 0) is 6.42 Å². The smallest absolute Gasteiger partial charge is 0.251 e. The summed E-state index contributed by atoms with van der Waals surface area (Å²) >= 11 is 0. The van der Waals surface area contributed by atoms with Gasteiger partial charge in [0.25, 0.3) is 6.43 Å². The lowest BCUT2D eigenvalue weighted by atomic mass is 9.77. The van der Waals surface area contributed by atoms with Crippen LogP contribution in [0.15, 0.2) is 24.3 Å². The molecule has 1 aromatic carbocycles. The molecule has 2 N–H and O–H groups in total. The summed E-state index contributed by atoms with van der Waals surface area (Å²) in [7, 11) is 0. The number of nitrogens with two attached hydrogens (primary N) is 1. The molecule has 4 heteroatoms. The number of rotatable bonds is 6. The Morgan fingerprint density at radius 1 is 1.35 bits per heavy atom. The molecule has 1 unspecified atom stereocenters. The van der Waals surface area contributed by atoms with E-state index in [-0.39, 0.29) is 6.54 Å². The van der Waals surface area contributed by atoms with Gasteiger partial charge < -0.3 is 5.73 Å². The third-order valence-electron chi connectivity index (χ3n) is 3.28. The lowest BCUT2D eigenvalue weighted by Crippen LogP contribution is -2.39. The highest BCUT2D eigenvalue weighted by atomic mass is 19.3. The van der Waals surface area contributed by atoms with Gasteiger partial charge in [-0.25, -0.2) is 8.78 Å². The SMILES string of the molecule is NCCN(CC(F)F)CC1Cc2ccccc21. The highest BCUT2D eigenvalue weighted by molar-refractivity contribution is 5.40. The van der Waals surface area contributed by atoms with Crippen molar-refractivity contribution in [3.8, 4) is 0 Å². The quantitative estimate of drug-likeness (QED) is 0.822. The first-order chi connectivity index (χ1) is 8.20. The van der Waals surface area contributed by atoms with Gasteiger partial charge in [-0.05, 0) is 17.5 Å². The molecule has 0 aliphatic heterocycles. The van der Waals surface area contributed by atoms with Gasteiger partial charge >= 0.3 is 0 Å². The van der Waals surface area contributed by atoms with Crippen molar-refractivity contribution in [2.24, 2.45) is 5.73 Å². The third kappa shape index (κ3) is 3.01. The van der Waals surface area contributed by atoms with Crippen molar-refractivity contribution >= 4 is 0 Å². The molecule has 1 aliphatic carbocycles. The standard InChI is InChI=1S/C13H18F2N2/c14-13(15)9-17(6-5-16)8-11-7-10-3-1-2-4-12(10)11/h1-4,11,13H,5-9,16H2. The second-order valence-electron chi connectivity index (χ2n) is 4.54. The lowest BCUT2D eigenvalue weighted by molar-refractivity contribution is 0.0852. The minimum Gasteiger partial charge on any atom is -0.329 e.